The summed E-state index contributed by atoms with van der Waals surface area (Å²) in [7, 11) is 0. The zero-order valence-electron chi connectivity index (χ0n) is 12.4. The molecule has 0 aliphatic carbocycles. The Bertz CT molecular complexity index is 482. The number of nitrogens with zero attached hydrogens (tertiary/aromatic N) is 2. The number of ether oxygens (including phenoxy) is 2. The van der Waals surface area contributed by atoms with E-state index in [9.17, 15) is 4.79 Å². The molecule has 0 bridgehead atoms. The Morgan fingerprint density at radius 1 is 1.32 bits per heavy atom. The van der Waals surface area contributed by atoms with E-state index in [4.69, 9.17) is 9.47 Å². The van der Waals surface area contributed by atoms with Crippen LogP contribution < -0.4 is 5.32 Å². The number of morpholine rings is 1. The molecule has 6 nitrogen and oxygen atoms in total. The molecule has 0 saturated carbocycles. The Kier molecular flexibility index (Phi) is 5.66. The summed E-state index contributed by atoms with van der Waals surface area (Å²) in [6.07, 6.45) is 1.74. The summed E-state index contributed by atoms with van der Waals surface area (Å²) in [4.78, 5) is 18.7. The summed E-state index contributed by atoms with van der Waals surface area (Å²) in [5, 5.41) is 3.97. The number of amides is 1. The lowest BCUT2D eigenvalue weighted by atomic mass is 10.1. The molecule has 2 saturated heterocycles. The van der Waals surface area contributed by atoms with Crippen molar-refractivity contribution in [3.05, 3.63) is 24.4 Å². The van der Waals surface area contributed by atoms with Crippen LogP contribution in [0.2, 0.25) is 0 Å². The number of carbonyl (C=O) groups is 1. The molecule has 2 aliphatic rings. The highest BCUT2D eigenvalue weighted by Gasteiger charge is 2.34. The van der Waals surface area contributed by atoms with Crippen LogP contribution in [0.3, 0.4) is 0 Å². The van der Waals surface area contributed by atoms with Crippen molar-refractivity contribution < 1.29 is 14.3 Å². The second-order valence-corrected chi connectivity index (χ2v) is 6.38. The summed E-state index contributed by atoms with van der Waals surface area (Å²) in [6.45, 7) is 4.59. The van der Waals surface area contributed by atoms with Crippen molar-refractivity contribution >= 4 is 17.7 Å². The van der Waals surface area contributed by atoms with Crippen LogP contribution in [0, 0.1) is 0 Å². The smallest absolute Gasteiger partial charge is 0.230 e. The van der Waals surface area contributed by atoms with Crippen molar-refractivity contribution in [1.82, 2.24) is 15.2 Å². The van der Waals surface area contributed by atoms with Crippen molar-refractivity contribution in [2.45, 2.75) is 17.1 Å². The molecule has 2 aliphatic heterocycles. The van der Waals surface area contributed by atoms with Gasteiger partial charge in [0.15, 0.2) is 0 Å². The second-order valence-electron chi connectivity index (χ2n) is 5.38. The molecule has 0 spiro atoms. The Morgan fingerprint density at radius 3 is 2.95 bits per heavy atom. The van der Waals surface area contributed by atoms with Gasteiger partial charge < -0.3 is 14.8 Å². The second kappa shape index (κ2) is 7.92. The van der Waals surface area contributed by atoms with Gasteiger partial charge in [0.25, 0.3) is 0 Å². The molecule has 2 atom stereocenters. The minimum atomic E-state index is 0.0319. The van der Waals surface area contributed by atoms with Gasteiger partial charge in [-0.05, 0) is 12.1 Å². The monoisotopic (exact) mass is 323 g/mol. The van der Waals surface area contributed by atoms with E-state index in [0.717, 1.165) is 31.3 Å². The van der Waals surface area contributed by atoms with Crippen LogP contribution in [0.25, 0.3) is 0 Å². The molecule has 3 rings (SSSR count). The quantitative estimate of drug-likeness (QED) is 0.791. The first-order valence-electron chi connectivity index (χ1n) is 7.55. The molecule has 0 aromatic carbocycles. The molecule has 2 unspecified atom stereocenters. The maximum Gasteiger partial charge on any atom is 0.230 e. The average molecular weight is 323 g/mol. The SMILES string of the molecule is O=C(CSc1ccccn1)NC1COCC1N1CCOCC1. The summed E-state index contributed by atoms with van der Waals surface area (Å²) in [6, 6.07) is 6.02. The van der Waals surface area contributed by atoms with E-state index in [1.807, 2.05) is 18.2 Å². The molecule has 1 amide bonds. The van der Waals surface area contributed by atoms with Crippen LogP contribution in [0.1, 0.15) is 0 Å². The third-order valence-electron chi connectivity index (χ3n) is 3.90. The Balaban J connectivity index is 1.47. The van der Waals surface area contributed by atoms with Gasteiger partial charge >= 0.3 is 0 Å². The topological polar surface area (TPSA) is 63.7 Å². The third kappa shape index (κ3) is 4.19. The van der Waals surface area contributed by atoms with E-state index < -0.39 is 0 Å². The lowest BCUT2D eigenvalue weighted by Gasteiger charge is -2.34. The highest BCUT2D eigenvalue weighted by Crippen LogP contribution is 2.17. The summed E-state index contributed by atoms with van der Waals surface area (Å²) in [5.74, 6) is 0.410. The first-order chi connectivity index (χ1) is 10.8. The van der Waals surface area contributed by atoms with Crippen LogP contribution in [0.5, 0.6) is 0 Å². The molecule has 2 fully saturated rings. The maximum absolute atomic E-state index is 12.1. The van der Waals surface area contributed by atoms with E-state index in [-0.39, 0.29) is 18.0 Å². The molecule has 120 valence electrons. The number of nitrogens with one attached hydrogen (secondary N) is 1. The zero-order chi connectivity index (χ0) is 15.2. The van der Waals surface area contributed by atoms with Gasteiger partial charge in [-0.1, -0.05) is 17.8 Å². The number of hydrogen-bond acceptors (Lipinski definition) is 6. The van der Waals surface area contributed by atoms with Crippen LogP contribution in [-0.4, -0.2) is 73.1 Å². The minimum Gasteiger partial charge on any atom is -0.379 e. The fourth-order valence-electron chi connectivity index (χ4n) is 2.77. The molecule has 1 aromatic heterocycles. The van der Waals surface area contributed by atoms with Crippen LogP contribution >= 0.6 is 11.8 Å². The van der Waals surface area contributed by atoms with Crippen LogP contribution in [-0.2, 0) is 14.3 Å². The Morgan fingerprint density at radius 2 is 2.18 bits per heavy atom. The van der Waals surface area contributed by atoms with Gasteiger partial charge in [0, 0.05) is 19.3 Å². The number of hydrogen-bond donors (Lipinski definition) is 1. The van der Waals surface area contributed by atoms with Gasteiger partial charge in [-0.25, -0.2) is 4.98 Å². The largest absolute Gasteiger partial charge is 0.379 e. The highest BCUT2D eigenvalue weighted by atomic mass is 32.2. The van der Waals surface area contributed by atoms with Crippen molar-refractivity contribution in [2.24, 2.45) is 0 Å². The van der Waals surface area contributed by atoms with Gasteiger partial charge in [-0.3, -0.25) is 9.69 Å². The third-order valence-corrected chi connectivity index (χ3v) is 4.84. The number of aromatic nitrogens is 1. The van der Waals surface area contributed by atoms with Crippen LogP contribution in [0.4, 0.5) is 0 Å². The molecular weight excluding hydrogens is 302 g/mol. The lowest BCUT2D eigenvalue weighted by Crippen LogP contribution is -2.54. The zero-order valence-corrected chi connectivity index (χ0v) is 13.3. The lowest BCUT2D eigenvalue weighted by molar-refractivity contribution is -0.119. The van der Waals surface area contributed by atoms with Gasteiger partial charge in [-0.15, -0.1) is 0 Å². The van der Waals surface area contributed by atoms with E-state index in [1.54, 1.807) is 6.20 Å². The van der Waals surface area contributed by atoms with E-state index in [0.29, 0.717) is 19.0 Å². The number of carbonyl (C=O) groups excluding carboxylic acids is 1. The predicted octanol–water partition coefficient (Wildman–Crippen LogP) is 0.390. The van der Waals surface area contributed by atoms with Gasteiger partial charge in [0.1, 0.15) is 0 Å². The Hall–Kier alpha value is -1.15. The molecule has 7 heteroatoms. The molecule has 0 radical (unpaired) electrons. The van der Waals surface area contributed by atoms with E-state index in [1.165, 1.54) is 11.8 Å². The number of thioether (sulfide) groups is 1. The maximum atomic E-state index is 12.1. The van der Waals surface area contributed by atoms with Crippen LogP contribution in [0.15, 0.2) is 29.4 Å². The van der Waals surface area contributed by atoms with Crippen molar-refractivity contribution in [3.63, 3.8) is 0 Å². The molecule has 3 heterocycles. The molecular formula is C15H21N3O3S. The Labute approximate surface area is 134 Å². The van der Waals surface area contributed by atoms with E-state index in [2.05, 4.69) is 15.2 Å². The molecule has 1 aromatic rings. The van der Waals surface area contributed by atoms with Crippen molar-refractivity contribution in [3.8, 4) is 0 Å². The fourth-order valence-corrected chi connectivity index (χ4v) is 3.44. The minimum absolute atomic E-state index is 0.0319. The van der Waals surface area contributed by atoms with E-state index >= 15 is 0 Å². The first-order valence-corrected chi connectivity index (χ1v) is 8.54. The average Bonchev–Trinajstić information content (AvgIpc) is 3.03. The van der Waals surface area contributed by atoms with Crippen molar-refractivity contribution in [1.29, 1.82) is 0 Å². The summed E-state index contributed by atoms with van der Waals surface area (Å²) >= 11 is 1.45. The normalized spacial score (nSPS) is 26.0. The summed E-state index contributed by atoms with van der Waals surface area (Å²) in [5.41, 5.74) is 0. The molecule has 1 N–H and O–H groups in total. The van der Waals surface area contributed by atoms with Gasteiger partial charge in [0.05, 0.1) is 49.3 Å². The first kappa shape index (κ1) is 15.7. The number of rotatable bonds is 5. The molecule has 22 heavy (non-hydrogen) atoms. The fraction of sp³-hybridized carbons (Fsp3) is 0.600. The summed E-state index contributed by atoms with van der Waals surface area (Å²) < 4.78 is 11.0. The number of pyridine rings is 1. The standard InChI is InChI=1S/C15H21N3O3S/c19-14(11-22-15-3-1-2-4-16-15)17-12-9-21-10-13(12)18-5-7-20-8-6-18/h1-4,12-13H,5-11H2,(H,17,19). The van der Waals surface area contributed by atoms with Gasteiger partial charge in [0.2, 0.25) is 5.91 Å². The highest BCUT2D eigenvalue weighted by molar-refractivity contribution is 7.99. The van der Waals surface area contributed by atoms with Crippen molar-refractivity contribution in [2.75, 3.05) is 45.3 Å². The van der Waals surface area contributed by atoms with Gasteiger partial charge in [-0.2, -0.15) is 0 Å². The predicted molar refractivity (Wildman–Crippen MR) is 83.9 cm³/mol.